The second-order valence-corrected chi connectivity index (χ2v) is 10.2. The lowest BCUT2D eigenvalue weighted by Gasteiger charge is -2.28. The fraction of sp³-hybridized carbons (Fsp3) is 0.259. The smallest absolute Gasteiger partial charge is 0.266 e. The van der Waals surface area contributed by atoms with Crippen LogP contribution in [0, 0.1) is 6.92 Å². The third-order valence-electron chi connectivity index (χ3n) is 5.95. The van der Waals surface area contributed by atoms with Crippen molar-refractivity contribution >= 4 is 56.2 Å². The molecule has 5 rings (SSSR count). The highest BCUT2D eigenvalue weighted by molar-refractivity contribution is 9.10. The molecule has 3 heterocycles. The first-order chi connectivity index (χ1) is 17.0. The number of anilines is 1. The molecule has 0 radical (unpaired) electrons. The summed E-state index contributed by atoms with van der Waals surface area (Å²) in [7, 11) is 0. The second kappa shape index (κ2) is 10.4. The lowest BCUT2D eigenvalue weighted by Crippen LogP contribution is -2.36. The fourth-order valence-corrected chi connectivity index (χ4v) is 5.80. The van der Waals surface area contributed by atoms with E-state index >= 15 is 0 Å². The predicted molar refractivity (Wildman–Crippen MR) is 146 cm³/mol. The van der Waals surface area contributed by atoms with E-state index in [-0.39, 0.29) is 5.91 Å². The van der Waals surface area contributed by atoms with Gasteiger partial charge in [0.25, 0.3) is 5.91 Å². The first-order valence-corrected chi connectivity index (χ1v) is 13.2. The van der Waals surface area contributed by atoms with Crippen LogP contribution in [0.2, 0.25) is 0 Å². The molecule has 0 aliphatic carbocycles. The molecular weight excluding hydrogens is 526 g/mol. The summed E-state index contributed by atoms with van der Waals surface area (Å²) in [5, 5.41) is 0.677. The van der Waals surface area contributed by atoms with Crippen molar-refractivity contribution in [2.45, 2.75) is 13.8 Å². The number of hydrogen-bond donors (Lipinski definition) is 0. The van der Waals surface area contributed by atoms with Crippen molar-refractivity contribution in [2.24, 2.45) is 4.99 Å². The fourth-order valence-electron chi connectivity index (χ4n) is 4.06. The van der Waals surface area contributed by atoms with Crippen molar-refractivity contribution in [1.29, 1.82) is 0 Å². The molecule has 2 saturated heterocycles. The van der Waals surface area contributed by atoms with Crippen LogP contribution in [-0.4, -0.2) is 48.8 Å². The van der Waals surface area contributed by atoms with Crippen LogP contribution in [0.3, 0.4) is 0 Å². The van der Waals surface area contributed by atoms with E-state index in [1.165, 1.54) is 17.3 Å². The van der Waals surface area contributed by atoms with Crippen molar-refractivity contribution in [3.05, 3.63) is 75.3 Å². The maximum Gasteiger partial charge on any atom is 0.266 e. The third kappa shape index (κ3) is 5.24. The number of carbonyl (C=O) groups is 1. The van der Waals surface area contributed by atoms with Gasteiger partial charge in [-0.3, -0.25) is 9.69 Å². The average molecular weight is 552 g/mol. The number of carbonyl (C=O) groups excluding carboxylic acids is 1. The van der Waals surface area contributed by atoms with Crippen molar-refractivity contribution < 1.29 is 13.9 Å². The molecular formula is C27H26BrN3O3S. The van der Waals surface area contributed by atoms with E-state index in [1.807, 2.05) is 50.2 Å². The van der Waals surface area contributed by atoms with Gasteiger partial charge in [-0.15, -0.1) is 0 Å². The highest BCUT2D eigenvalue weighted by Gasteiger charge is 2.32. The molecule has 0 bridgehead atoms. The van der Waals surface area contributed by atoms with E-state index in [9.17, 15) is 4.79 Å². The quantitative estimate of drug-likeness (QED) is 0.340. The maximum atomic E-state index is 13.1. The number of hydrogen-bond acceptors (Lipinski definition) is 6. The van der Waals surface area contributed by atoms with Crippen molar-refractivity contribution in [2.75, 3.05) is 37.7 Å². The van der Waals surface area contributed by atoms with Gasteiger partial charge in [0.05, 0.1) is 23.8 Å². The average Bonchev–Trinajstić information content (AvgIpc) is 3.44. The summed E-state index contributed by atoms with van der Waals surface area (Å²) in [4.78, 5) is 22.4. The molecule has 2 fully saturated rings. The number of rotatable bonds is 5. The number of ether oxygens (including phenoxy) is 1. The number of benzene rings is 2. The molecule has 2 aliphatic rings. The summed E-state index contributed by atoms with van der Waals surface area (Å²) in [5.41, 5.74) is 4.13. The molecule has 0 unspecified atom stereocenters. The lowest BCUT2D eigenvalue weighted by atomic mass is 10.1. The molecule has 8 heteroatoms. The minimum absolute atomic E-state index is 0.0596. The molecule has 3 aromatic rings. The van der Waals surface area contributed by atoms with E-state index in [0.717, 1.165) is 53.5 Å². The normalized spacial score (nSPS) is 18.8. The van der Waals surface area contributed by atoms with E-state index in [0.29, 0.717) is 22.4 Å². The molecule has 180 valence electrons. The Hall–Kier alpha value is -2.81. The molecule has 0 saturated carbocycles. The van der Waals surface area contributed by atoms with Gasteiger partial charge in [-0.1, -0.05) is 22.0 Å². The van der Waals surface area contributed by atoms with Crippen LogP contribution in [0.5, 0.6) is 0 Å². The van der Waals surface area contributed by atoms with E-state index in [2.05, 4.69) is 39.0 Å². The summed E-state index contributed by atoms with van der Waals surface area (Å²) >= 11 is 4.98. The van der Waals surface area contributed by atoms with Gasteiger partial charge in [-0.2, -0.15) is 0 Å². The van der Waals surface area contributed by atoms with Crippen LogP contribution in [0.1, 0.15) is 18.2 Å². The largest absolute Gasteiger partial charge is 0.457 e. The van der Waals surface area contributed by atoms with Gasteiger partial charge in [0.1, 0.15) is 11.5 Å². The molecule has 1 amide bonds. The Morgan fingerprint density at radius 2 is 1.86 bits per heavy atom. The zero-order chi connectivity index (χ0) is 24.4. The highest BCUT2D eigenvalue weighted by atomic mass is 79.9. The van der Waals surface area contributed by atoms with Gasteiger partial charge in [-0.05, 0) is 79.7 Å². The first kappa shape index (κ1) is 23.9. The number of morpholine rings is 1. The lowest BCUT2D eigenvalue weighted by molar-refractivity contribution is -0.122. The first-order valence-electron chi connectivity index (χ1n) is 11.6. The van der Waals surface area contributed by atoms with Crippen molar-refractivity contribution in [3.8, 4) is 11.3 Å². The highest BCUT2D eigenvalue weighted by Crippen LogP contribution is 2.36. The SMILES string of the molecule is CCN1C(=O)/C(=C/c2ccc(-c3ccc(C)cc3Br)o2)SC1=Nc1ccc(N2CCOCC2)cc1. The Kier molecular flexibility index (Phi) is 7.13. The van der Waals surface area contributed by atoms with Gasteiger partial charge >= 0.3 is 0 Å². The molecule has 0 atom stereocenters. The van der Waals surface area contributed by atoms with Crippen LogP contribution < -0.4 is 4.90 Å². The molecule has 0 spiro atoms. The summed E-state index contributed by atoms with van der Waals surface area (Å²) in [6.45, 7) is 7.85. The summed E-state index contributed by atoms with van der Waals surface area (Å²) < 4.78 is 12.5. The predicted octanol–water partition coefficient (Wildman–Crippen LogP) is 6.48. The standard InChI is InChI=1S/C27H26BrN3O3S/c1-3-31-26(32)25(17-21-9-11-24(34-21)22-10-4-18(2)16-23(22)28)35-27(31)29-19-5-7-20(8-6-19)30-12-14-33-15-13-30/h4-11,16-17H,3,12-15H2,1-2H3/b25-17-,29-27?. The zero-order valence-corrected chi connectivity index (χ0v) is 22.1. The molecule has 2 aliphatic heterocycles. The number of halogens is 1. The monoisotopic (exact) mass is 551 g/mol. The van der Waals surface area contributed by atoms with Crippen LogP contribution in [0.25, 0.3) is 17.4 Å². The summed E-state index contributed by atoms with van der Waals surface area (Å²) in [6.07, 6.45) is 1.80. The van der Waals surface area contributed by atoms with Crippen LogP contribution in [-0.2, 0) is 9.53 Å². The maximum absolute atomic E-state index is 13.1. The number of furan rings is 1. The minimum Gasteiger partial charge on any atom is -0.457 e. The topological polar surface area (TPSA) is 58.3 Å². The van der Waals surface area contributed by atoms with Crippen LogP contribution in [0.15, 0.2) is 73.4 Å². The molecule has 0 N–H and O–H groups in total. The third-order valence-corrected chi connectivity index (χ3v) is 7.61. The van der Waals surface area contributed by atoms with Gasteiger partial charge in [0.2, 0.25) is 0 Å². The van der Waals surface area contributed by atoms with Gasteiger partial charge in [0, 0.05) is 41.4 Å². The number of aliphatic imine (C=N–C) groups is 1. The molecule has 6 nitrogen and oxygen atoms in total. The number of nitrogens with zero attached hydrogens (tertiary/aromatic N) is 3. The number of amidine groups is 1. The van der Waals surface area contributed by atoms with Gasteiger partial charge in [0.15, 0.2) is 5.17 Å². The number of aryl methyl sites for hydroxylation is 1. The van der Waals surface area contributed by atoms with E-state index < -0.39 is 0 Å². The zero-order valence-electron chi connectivity index (χ0n) is 19.7. The Bertz CT molecular complexity index is 1290. The number of amides is 1. The van der Waals surface area contributed by atoms with Gasteiger partial charge < -0.3 is 14.1 Å². The van der Waals surface area contributed by atoms with Crippen LogP contribution >= 0.6 is 27.7 Å². The second-order valence-electron chi connectivity index (χ2n) is 8.36. The Balaban J connectivity index is 1.35. The van der Waals surface area contributed by atoms with Crippen molar-refractivity contribution in [1.82, 2.24) is 4.90 Å². The summed E-state index contributed by atoms with van der Waals surface area (Å²) in [5.74, 6) is 1.33. The Morgan fingerprint density at radius 1 is 1.09 bits per heavy atom. The Labute approximate surface area is 217 Å². The minimum atomic E-state index is -0.0596. The molecule has 1 aromatic heterocycles. The van der Waals surface area contributed by atoms with Gasteiger partial charge in [-0.25, -0.2) is 4.99 Å². The number of thioether (sulfide) groups is 1. The van der Waals surface area contributed by atoms with E-state index in [1.54, 1.807) is 11.0 Å². The van der Waals surface area contributed by atoms with E-state index in [4.69, 9.17) is 14.1 Å². The molecule has 35 heavy (non-hydrogen) atoms. The Morgan fingerprint density at radius 3 is 2.57 bits per heavy atom. The van der Waals surface area contributed by atoms with Crippen LogP contribution in [0.4, 0.5) is 11.4 Å². The van der Waals surface area contributed by atoms with Crippen molar-refractivity contribution in [3.63, 3.8) is 0 Å². The number of likely N-dealkylation sites (N-methyl/N-ethyl adjacent to an activating group) is 1. The molecule has 2 aromatic carbocycles. The summed E-state index contributed by atoms with van der Waals surface area (Å²) in [6, 6.07) is 18.1.